The zero-order chi connectivity index (χ0) is 10.4. The van der Waals surface area contributed by atoms with Crippen LogP contribution in [0, 0.1) is 0 Å². The lowest BCUT2D eigenvalue weighted by molar-refractivity contribution is -0.364. The molecule has 0 saturated carbocycles. The number of nitrogen functional groups attached to an aromatic ring is 1. The van der Waals surface area contributed by atoms with E-state index >= 15 is 0 Å². The molecule has 0 fully saturated rings. The van der Waals surface area contributed by atoms with Gasteiger partial charge in [-0.15, -0.1) is 0 Å². The summed E-state index contributed by atoms with van der Waals surface area (Å²) in [5.41, 5.74) is 9.42. The van der Waals surface area contributed by atoms with E-state index in [9.17, 15) is 4.79 Å². The number of fused-ring (bicyclic) bond motifs is 3. The summed E-state index contributed by atoms with van der Waals surface area (Å²) < 4.78 is 0. The molecule has 0 bridgehead atoms. The molecular formula is C12H9N2O+. The van der Waals surface area contributed by atoms with Crippen LogP contribution in [0.25, 0.3) is 11.3 Å². The van der Waals surface area contributed by atoms with Gasteiger partial charge < -0.3 is 5.73 Å². The first kappa shape index (κ1) is 8.17. The van der Waals surface area contributed by atoms with Gasteiger partial charge in [-0.05, 0) is 6.07 Å². The SMILES string of the molecule is Nc1cc[nH+]c2c1C(=O)c1ccccc1-2. The van der Waals surface area contributed by atoms with E-state index < -0.39 is 0 Å². The fraction of sp³-hybridized carbons (Fsp3) is 0. The molecule has 72 valence electrons. The molecule has 3 nitrogen and oxygen atoms in total. The van der Waals surface area contributed by atoms with Gasteiger partial charge in [0.05, 0.1) is 11.3 Å². The van der Waals surface area contributed by atoms with Gasteiger partial charge in [0.2, 0.25) is 11.5 Å². The van der Waals surface area contributed by atoms with Crippen molar-refractivity contribution in [2.24, 2.45) is 0 Å². The Morgan fingerprint density at radius 3 is 2.60 bits per heavy atom. The molecule has 0 radical (unpaired) electrons. The molecule has 1 aliphatic carbocycles. The van der Waals surface area contributed by atoms with Crippen LogP contribution in [0.1, 0.15) is 15.9 Å². The highest BCUT2D eigenvalue weighted by Gasteiger charge is 2.33. The standard InChI is InChI=1S/C12H8N2O/c13-9-5-6-14-11-7-3-1-2-4-8(7)12(15)10(9)11/h1-6H,(H2,13,14)/p+1. The Kier molecular flexibility index (Phi) is 1.45. The molecular weight excluding hydrogens is 188 g/mol. The van der Waals surface area contributed by atoms with Crippen molar-refractivity contribution in [3.8, 4) is 11.3 Å². The third kappa shape index (κ3) is 0.944. The molecule has 0 atom stereocenters. The van der Waals surface area contributed by atoms with Crippen LogP contribution in [0.4, 0.5) is 5.69 Å². The van der Waals surface area contributed by atoms with E-state index in [1.54, 1.807) is 12.3 Å². The molecule has 2 aromatic rings. The Morgan fingerprint density at radius 1 is 1.07 bits per heavy atom. The van der Waals surface area contributed by atoms with Crippen LogP contribution in [0.3, 0.4) is 0 Å². The van der Waals surface area contributed by atoms with Gasteiger partial charge in [0, 0.05) is 11.6 Å². The van der Waals surface area contributed by atoms with Crippen molar-refractivity contribution in [3.05, 3.63) is 47.7 Å². The van der Waals surface area contributed by atoms with Gasteiger partial charge >= 0.3 is 0 Å². The third-order valence-corrected chi connectivity index (χ3v) is 2.70. The highest BCUT2D eigenvalue weighted by atomic mass is 16.1. The van der Waals surface area contributed by atoms with Gasteiger partial charge in [-0.25, -0.2) is 4.98 Å². The third-order valence-electron chi connectivity index (χ3n) is 2.70. The van der Waals surface area contributed by atoms with Crippen molar-refractivity contribution in [2.45, 2.75) is 0 Å². The Balaban J connectivity index is 2.43. The number of rotatable bonds is 0. The van der Waals surface area contributed by atoms with Crippen LogP contribution in [0.15, 0.2) is 36.5 Å². The van der Waals surface area contributed by atoms with E-state index in [0.29, 0.717) is 11.3 Å². The first-order valence-corrected chi connectivity index (χ1v) is 4.73. The van der Waals surface area contributed by atoms with Gasteiger partial charge in [-0.1, -0.05) is 18.2 Å². The summed E-state index contributed by atoms with van der Waals surface area (Å²) in [5.74, 6) is 0.00921. The number of anilines is 1. The smallest absolute Gasteiger partial charge is 0.224 e. The highest BCUT2D eigenvalue weighted by molar-refractivity contribution is 6.22. The molecule has 0 unspecified atom stereocenters. The summed E-state index contributed by atoms with van der Waals surface area (Å²) in [6.45, 7) is 0. The van der Waals surface area contributed by atoms with E-state index in [1.165, 1.54) is 0 Å². The predicted molar refractivity (Wildman–Crippen MR) is 56.3 cm³/mol. The number of hydrogen-bond acceptors (Lipinski definition) is 2. The van der Waals surface area contributed by atoms with Crippen molar-refractivity contribution in [3.63, 3.8) is 0 Å². The van der Waals surface area contributed by atoms with Crippen molar-refractivity contribution in [2.75, 3.05) is 5.73 Å². The van der Waals surface area contributed by atoms with E-state index in [0.717, 1.165) is 16.8 Å². The maximum absolute atomic E-state index is 12.0. The summed E-state index contributed by atoms with van der Waals surface area (Å²) in [4.78, 5) is 15.1. The monoisotopic (exact) mass is 197 g/mol. The van der Waals surface area contributed by atoms with Crippen LogP contribution in [-0.2, 0) is 0 Å². The van der Waals surface area contributed by atoms with E-state index in [-0.39, 0.29) is 5.78 Å². The van der Waals surface area contributed by atoms with Crippen LogP contribution in [0.5, 0.6) is 0 Å². The van der Waals surface area contributed by atoms with Crippen LogP contribution in [-0.4, -0.2) is 5.78 Å². The minimum Gasteiger partial charge on any atom is -0.398 e. The number of aromatic nitrogens is 1. The van der Waals surface area contributed by atoms with E-state index in [1.807, 2.05) is 24.3 Å². The van der Waals surface area contributed by atoms with Crippen molar-refractivity contribution in [1.29, 1.82) is 0 Å². The topological polar surface area (TPSA) is 57.2 Å². The minimum absolute atomic E-state index is 0.00921. The number of benzene rings is 1. The number of carbonyl (C=O) groups is 1. The minimum atomic E-state index is 0.00921. The van der Waals surface area contributed by atoms with Crippen LogP contribution < -0.4 is 10.7 Å². The maximum Gasteiger partial charge on any atom is 0.224 e. The average Bonchev–Trinajstić information content (AvgIpc) is 2.55. The Bertz CT molecular complexity index is 576. The van der Waals surface area contributed by atoms with Gasteiger partial charge in [-0.3, -0.25) is 4.79 Å². The van der Waals surface area contributed by atoms with E-state index in [4.69, 9.17) is 5.73 Å². The molecule has 0 aliphatic heterocycles. The Hall–Kier alpha value is -2.16. The summed E-state index contributed by atoms with van der Waals surface area (Å²) in [5, 5.41) is 0. The molecule has 0 spiro atoms. The van der Waals surface area contributed by atoms with E-state index in [2.05, 4.69) is 4.98 Å². The van der Waals surface area contributed by atoms with Crippen molar-refractivity contribution < 1.29 is 9.78 Å². The molecule has 15 heavy (non-hydrogen) atoms. The van der Waals surface area contributed by atoms with Crippen molar-refractivity contribution >= 4 is 11.5 Å². The zero-order valence-electron chi connectivity index (χ0n) is 7.95. The molecule has 1 aromatic heterocycles. The molecule has 3 heteroatoms. The van der Waals surface area contributed by atoms with Gasteiger partial charge in [-0.2, -0.15) is 0 Å². The number of hydrogen-bond donors (Lipinski definition) is 1. The lowest BCUT2D eigenvalue weighted by Crippen LogP contribution is -2.10. The fourth-order valence-corrected chi connectivity index (χ4v) is 2.01. The Morgan fingerprint density at radius 2 is 1.80 bits per heavy atom. The molecule has 3 N–H and O–H groups in total. The first-order chi connectivity index (χ1) is 7.29. The van der Waals surface area contributed by atoms with Crippen LogP contribution >= 0.6 is 0 Å². The summed E-state index contributed by atoms with van der Waals surface area (Å²) >= 11 is 0. The summed E-state index contributed by atoms with van der Waals surface area (Å²) in [6.07, 6.45) is 1.75. The largest absolute Gasteiger partial charge is 0.398 e. The summed E-state index contributed by atoms with van der Waals surface area (Å²) in [6, 6.07) is 9.24. The number of nitrogens with one attached hydrogen (secondary N) is 1. The normalized spacial score (nSPS) is 12.4. The molecule has 3 rings (SSSR count). The lowest BCUT2D eigenvalue weighted by atomic mass is 10.1. The number of nitrogens with two attached hydrogens (primary N) is 1. The first-order valence-electron chi connectivity index (χ1n) is 4.73. The Labute approximate surface area is 86.6 Å². The highest BCUT2D eigenvalue weighted by Crippen LogP contribution is 2.35. The molecule has 1 aliphatic rings. The quantitative estimate of drug-likeness (QED) is 0.590. The van der Waals surface area contributed by atoms with Gasteiger partial charge in [0.15, 0.2) is 6.20 Å². The molecule has 1 aromatic carbocycles. The molecule has 0 amide bonds. The lowest BCUT2D eigenvalue weighted by Gasteiger charge is -1.94. The fourth-order valence-electron chi connectivity index (χ4n) is 2.01. The average molecular weight is 197 g/mol. The van der Waals surface area contributed by atoms with Gasteiger partial charge in [0.1, 0.15) is 5.56 Å². The van der Waals surface area contributed by atoms with Gasteiger partial charge in [0.25, 0.3) is 0 Å². The number of pyridine rings is 1. The second-order valence-electron chi connectivity index (χ2n) is 3.56. The van der Waals surface area contributed by atoms with Crippen LogP contribution in [0.2, 0.25) is 0 Å². The molecule has 1 heterocycles. The zero-order valence-corrected chi connectivity index (χ0v) is 7.95. The molecule has 0 saturated heterocycles. The maximum atomic E-state index is 12.0. The second-order valence-corrected chi connectivity index (χ2v) is 3.56. The predicted octanol–water partition coefficient (Wildman–Crippen LogP) is 1.29. The number of H-pyrrole nitrogens is 1. The number of aromatic amines is 1. The summed E-state index contributed by atoms with van der Waals surface area (Å²) in [7, 11) is 0. The number of ketones is 1. The number of carbonyl (C=O) groups excluding carboxylic acids is 1. The second kappa shape index (κ2) is 2.67. The van der Waals surface area contributed by atoms with Crippen molar-refractivity contribution in [1.82, 2.24) is 0 Å².